The van der Waals surface area contributed by atoms with Crippen LogP contribution in [0.1, 0.15) is 34.6 Å². The lowest BCUT2D eigenvalue weighted by atomic mass is 10.0. The fraction of sp³-hybridized carbons (Fsp3) is 0.571. The number of pyridine rings is 1. The lowest BCUT2D eigenvalue weighted by molar-refractivity contribution is -0.156. The summed E-state index contributed by atoms with van der Waals surface area (Å²) in [4.78, 5) is 16.3. The molecule has 4 heteroatoms. The van der Waals surface area contributed by atoms with Gasteiger partial charge in [-0.1, -0.05) is 19.9 Å². The van der Waals surface area contributed by atoms with Gasteiger partial charge in [0.15, 0.2) is 0 Å². The second-order valence-corrected chi connectivity index (χ2v) is 5.61. The third-order valence-corrected chi connectivity index (χ3v) is 2.30. The molecule has 1 N–H and O–H groups in total. The number of ether oxygens (including phenoxy) is 1. The number of anilines is 1. The summed E-state index contributed by atoms with van der Waals surface area (Å²) >= 11 is 0. The van der Waals surface area contributed by atoms with E-state index in [1.165, 1.54) is 0 Å². The Hall–Kier alpha value is -1.58. The molecule has 0 aliphatic carbocycles. The predicted molar refractivity (Wildman–Crippen MR) is 72.3 cm³/mol. The normalized spacial score (nSPS) is 13.2. The Morgan fingerprint density at radius 3 is 2.44 bits per heavy atom. The molecule has 0 saturated heterocycles. The van der Waals surface area contributed by atoms with Crippen LogP contribution >= 0.6 is 0 Å². The number of hydrogen-bond donors (Lipinski definition) is 1. The van der Waals surface area contributed by atoms with Gasteiger partial charge in [0.1, 0.15) is 17.5 Å². The molecule has 0 aliphatic rings. The highest BCUT2D eigenvalue weighted by Gasteiger charge is 2.27. The van der Waals surface area contributed by atoms with E-state index in [1.54, 1.807) is 6.20 Å². The van der Waals surface area contributed by atoms with E-state index in [-0.39, 0.29) is 17.9 Å². The highest BCUT2D eigenvalue weighted by molar-refractivity contribution is 5.79. The Kier molecular flexibility index (Phi) is 4.70. The molecule has 1 atom stereocenters. The summed E-state index contributed by atoms with van der Waals surface area (Å²) in [7, 11) is 0. The number of nitrogens with one attached hydrogen (secondary N) is 1. The van der Waals surface area contributed by atoms with Crippen molar-refractivity contribution in [1.29, 1.82) is 0 Å². The van der Waals surface area contributed by atoms with Crippen molar-refractivity contribution in [3.8, 4) is 0 Å². The quantitative estimate of drug-likeness (QED) is 0.835. The van der Waals surface area contributed by atoms with E-state index in [2.05, 4.69) is 10.3 Å². The van der Waals surface area contributed by atoms with Crippen LogP contribution in [0.4, 0.5) is 5.82 Å². The monoisotopic (exact) mass is 250 g/mol. The molecule has 0 spiro atoms. The maximum Gasteiger partial charge on any atom is 0.329 e. The summed E-state index contributed by atoms with van der Waals surface area (Å²) in [6.07, 6.45) is 1.69. The van der Waals surface area contributed by atoms with Crippen molar-refractivity contribution in [2.75, 3.05) is 5.32 Å². The van der Waals surface area contributed by atoms with Crippen LogP contribution in [0.15, 0.2) is 24.4 Å². The number of rotatable bonds is 4. The minimum atomic E-state index is -0.476. The number of carbonyl (C=O) groups is 1. The zero-order valence-corrected chi connectivity index (χ0v) is 11.7. The number of aromatic nitrogens is 1. The van der Waals surface area contributed by atoms with E-state index in [0.717, 1.165) is 0 Å². The summed E-state index contributed by atoms with van der Waals surface area (Å²) in [5.41, 5.74) is -0.476. The van der Waals surface area contributed by atoms with Crippen LogP contribution in [-0.2, 0) is 9.53 Å². The van der Waals surface area contributed by atoms with Crippen molar-refractivity contribution in [2.45, 2.75) is 46.3 Å². The standard InChI is InChI=1S/C14H22N2O2/c1-10(2)12(13(17)18-14(3,4)5)16-11-8-6-7-9-15-11/h6-10,12H,1-5H3,(H,15,16)/t12-/m1/s1. The predicted octanol–water partition coefficient (Wildman–Crippen LogP) is 2.86. The Labute approximate surface area is 109 Å². The van der Waals surface area contributed by atoms with Crippen molar-refractivity contribution >= 4 is 11.8 Å². The lowest BCUT2D eigenvalue weighted by Gasteiger charge is -2.26. The largest absolute Gasteiger partial charge is 0.458 e. The molecular weight excluding hydrogens is 228 g/mol. The van der Waals surface area contributed by atoms with Gasteiger partial charge >= 0.3 is 5.97 Å². The Morgan fingerprint density at radius 1 is 1.33 bits per heavy atom. The summed E-state index contributed by atoms with van der Waals surface area (Å²) in [6.45, 7) is 9.55. The molecule has 0 radical (unpaired) electrons. The number of hydrogen-bond acceptors (Lipinski definition) is 4. The van der Waals surface area contributed by atoms with Gasteiger partial charge in [-0.2, -0.15) is 0 Å². The van der Waals surface area contributed by atoms with E-state index >= 15 is 0 Å². The molecule has 18 heavy (non-hydrogen) atoms. The van der Waals surface area contributed by atoms with E-state index < -0.39 is 5.60 Å². The van der Waals surface area contributed by atoms with E-state index in [0.29, 0.717) is 5.82 Å². The second-order valence-electron chi connectivity index (χ2n) is 5.61. The Morgan fingerprint density at radius 2 is 2.00 bits per heavy atom. The third-order valence-electron chi connectivity index (χ3n) is 2.30. The summed E-state index contributed by atoms with van der Waals surface area (Å²) < 4.78 is 5.40. The Bertz CT molecular complexity index is 383. The van der Waals surface area contributed by atoms with Gasteiger partial charge in [-0.15, -0.1) is 0 Å². The summed E-state index contributed by atoms with van der Waals surface area (Å²) in [5.74, 6) is 0.562. The first-order valence-corrected chi connectivity index (χ1v) is 6.20. The molecule has 0 fully saturated rings. The van der Waals surface area contributed by atoms with Gasteiger partial charge in [-0.3, -0.25) is 0 Å². The van der Waals surface area contributed by atoms with Gasteiger partial charge in [0, 0.05) is 6.20 Å². The topological polar surface area (TPSA) is 51.2 Å². The van der Waals surface area contributed by atoms with Crippen molar-refractivity contribution in [1.82, 2.24) is 4.98 Å². The smallest absolute Gasteiger partial charge is 0.329 e. The van der Waals surface area contributed by atoms with Crippen LogP contribution in [0.3, 0.4) is 0 Å². The molecule has 0 unspecified atom stereocenters. The van der Waals surface area contributed by atoms with E-state index in [9.17, 15) is 4.79 Å². The van der Waals surface area contributed by atoms with Gasteiger partial charge in [-0.25, -0.2) is 9.78 Å². The molecule has 0 aliphatic heterocycles. The summed E-state index contributed by atoms with van der Waals surface area (Å²) in [5, 5.41) is 3.12. The van der Waals surface area contributed by atoms with Gasteiger partial charge in [0.25, 0.3) is 0 Å². The average Bonchev–Trinajstić information content (AvgIpc) is 2.24. The van der Waals surface area contributed by atoms with Crippen LogP contribution in [-0.4, -0.2) is 22.6 Å². The van der Waals surface area contributed by atoms with E-state index in [1.807, 2.05) is 52.8 Å². The first-order chi connectivity index (χ1) is 8.29. The molecular formula is C14H22N2O2. The van der Waals surface area contributed by atoms with Crippen LogP contribution in [0.2, 0.25) is 0 Å². The van der Waals surface area contributed by atoms with Crippen molar-refractivity contribution in [2.24, 2.45) is 5.92 Å². The summed E-state index contributed by atoms with van der Waals surface area (Å²) in [6, 6.07) is 5.16. The van der Waals surface area contributed by atoms with Crippen molar-refractivity contribution in [3.63, 3.8) is 0 Å². The molecule has 0 amide bonds. The van der Waals surface area contributed by atoms with E-state index in [4.69, 9.17) is 4.74 Å². The van der Waals surface area contributed by atoms with Crippen LogP contribution in [0, 0.1) is 5.92 Å². The minimum absolute atomic E-state index is 0.127. The zero-order chi connectivity index (χ0) is 13.8. The van der Waals surface area contributed by atoms with Gasteiger partial charge in [-0.05, 0) is 38.8 Å². The van der Waals surface area contributed by atoms with Crippen molar-refractivity contribution in [3.05, 3.63) is 24.4 Å². The maximum absolute atomic E-state index is 12.1. The fourth-order valence-corrected chi connectivity index (χ4v) is 1.47. The molecule has 1 aromatic rings. The molecule has 4 nitrogen and oxygen atoms in total. The molecule has 1 heterocycles. The maximum atomic E-state index is 12.1. The molecule has 0 saturated carbocycles. The minimum Gasteiger partial charge on any atom is -0.458 e. The van der Waals surface area contributed by atoms with Crippen LogP contribution < -0.4 is 5.32 Å². The molecule has 1 aromatic heterocycles. The molecule has 1 rings (SSSR count). The van der Waals surface area contributed by atoms with Gasteiger partial charge in [0.05, 0.1) is 0 Å². The number of esters is 1. The second kappa shape index (κ2) is 5.85. The molecule has 100 valence electrons. The first kappa shape index (κ1) is 14.5. The van der Waals surface area contributed by atoms with Crippen LogP contribution in [0.5, 0.6) is 0 Å². The number of nitrogens with zero attached hydrogens (tertiary/aromatic N) is 1. The first-order valence-electron chi connectivity index (χ1n) is 6.20. The zero-order valence-electron chi connectivity index (χ0n) is 11.7. The highest BCUT2D eigenvalue weighted by Crippen LogP contribution is 2.15. The molecule has 0 bridgehead atoms. The highest BCUT2D eigenvalue weighted by atomic mass is 16.6. The lowest BCUT2D eigenvalue weighted by Crippen LogP contribution is -2.40. The SMILES string of the molecule is CC(C)[C@@H](Nc1ccccn1)C(=O)OC(C)(C)C. The third kappa shape index (κ3) is 4.73. The number of carbonyl (C=O) groups excluding carboxylic acids is 1. The van der Waals surface area contributed by atoms with Gasteiger partial charge < -0.3 is 10.1 Å². The Balaban J connectivity index is 2.75. The van der Waals surface area contributed by atoms with Gasteiger partial charge in [0.2, 0.25) is 0 Å². The van der Waals surface area contributed by atoms with Crippen molar-refractivity contribution < 1.29 is 9.53 Å². The van der Waals surface area contributed by atoms with Crippen LogP contribution in [0.25, 0.3) is 0 Å². The fourth-order valence-electron chi connectivity index (χ4n) is 1.47. The molecule has 0 aromatic carbocycles. The average molecular weight is 250 g/mol.